The van der Waals surface area contributed by atoms with E-state index >= 15 is 0 Å². The van der Waals surface area contributed by atoms with Crippen molar-refractivity contribution in [1.82, 2.24) is 14.5 Å². The van der Waals surface area contributed by atoms with Gasteiger partial charge in [-0.3, -0.25) is 4.79 Å². The second kappa shape index (κ2) is 6.79. The number of aromatic nitrogens is 2. The number of piperidine rings is 1. The lowest BCUT2D eigenvalue weighted by Crippen LogP contribution is -2.58. The first kappa shape index (κ1) is 15.5. The van der Waals surface area contributed by atoms with Crippen LogP contribution >= 0.6 is 0 Å². The number of methoxy groups -OCH3 is 1. The molecule has 2 aliphatic rings. The van der Waals surface area contributed by atoms with E-state index in [0.717, 1.165) is 45.4 Å². The fraction of sp³-hybridized carbons (Fsp3) is 0.750. The van der Waals surface area contributed by atoms with Crippen LogP contribution in [0.1, 0.15) is 32.1 Å². The van der Waals surface area contributed by atoms with Gasteiger partial charge in [0.1, 0.15) is 5.60 Å². The predicted octanol–water partition coefficient (Wildman–Crippen LogP) is 1.46. The number of imidazole rings is 1. The molecule has 1 aromatic heterocycles. The van der Waals surface area contributed by atoms with Crippen molar-refractivity contribution in [2.75, 3.05) is 26.8 Å². The number of ether oxygens (including phenoxy) is 2. The molecule has 3 rings (SSSR count). The van der Waals surface area contributed by atoms with Crippen molar-refractivity contribution in [3.05, 3.63) is 18.7 Å². The molecule has 1 aromatic rings. The van der Waals surface area contributed by atoms with E-state index in [-0.39, 0.29) is 17.6 Å². The summed E-state index contributed by atoms with van der Waals surface area (Å²) < 4.78 is 13.6. The molecule has 0 saturated carbocycles. The minimum Gasteiger partial charge on any atom is -0.378 e. The van der Waals surface area contributed by atoms with E-state index in [4.69, 9.17) is 9.47 Å². The van der Waals surface area contributed by atoms with Crippen LogP contribution < -0.4 is 0 Å². The van der Waals surface area contributed by atoms with E-state index in [0.29, 0.717) is 13.0 Å². The zero-order chi connectivity index (χ0) is 15.4. The maximum atomic E-state index is 12.5. The lowest BCUT2D eigenvalue weighted by atomic mass is 9.86. The molecule has 2 saturated heterocycles. The van der Waals surface area contributed by atoms with Crippen LogP contribution in [0.5, 0.6) is 0 Å². The molecule has 0 aromatic carbocycles. The summed E-state index contributed by atoms with van der Waals surface area (Å²) in [5.41, 5.74) is -0.271. The molecule has 22 heavy (non-hydrogen) atoms. The molecule has 122 valence electrons. The average molecular weight is 307 g/mol. The second-order valence-electron chi connectivity index (χ2n) is 6.25. The maximum Gasteiger partial charge on any atom is 0.222 e. The molecule has 2 aliphatic heterocycles. The summed E-state index contributed by atoms with van der Waals surface area (Å²) in [4.78, 5) is 18.4. The van der Waals surface area contributed by atoms with Crippen LogP contribution in [-0.4, -0.2) is 58.9 Å². The summed E-state index contributed by atoms with van der Waals surface area (Å²) >= 11 is 0. The van der Waals surface area contributed by atoms with Gasteiger partial charge in [-0.1, -0.05) is 0 Å². The third-order valence-corrected chi connectivity index (χ3v) is 4.84. The van der Waals surface area contributed by atoms with Gasteiger partial charge in [0.15, 0.2) is 0 Å². The third-order valence-electron chi connectivity index (χ3n) is 4.84. The molecule has 0 N–H and O–H groups in total. The molecule has 2 fully saturated rings. The molecular weight excluding hydrogens is 282 g/mol. The quantitative estimate of drug-likeness (QED) is 0.826. The van der Waals surface area contributed by atoms with Crippen LogP contribution in [0.15, 0.2) is 18.7 Å². The number of rotatable bonds is 5. The largest absolute Gasteiger partial charge is 0.378 e. The van der Waals surface area contributed by atoms with Gasteiger partial charge in [-0.2, -0.15) is 0 Å². The highest BCUT2D eigenvalue weighted by Gasteiger charge is 2.47. The van der Waals surface area contributed by atoms with Crippen molar-refractivity contribution < 1.29 is 14.3 Å². The maximum absolute atomic E-state index is 12.5. The van der Waals surface area contributed by atoms with E-state index in [1.54, 1.807) is 19.6 Å². The molecule has 1 amide bonds. The van der Waals surface area contributed by atoms with Crippen molar-refractivity contribution in [3.63, 3.8) is 0 Å². The SMILES string of the molecule is CO[C@H]1CCN(C(=O)CCCn2ccnc2)C[C@@]12CCCO2. The summed E-state index contributed by atoms with van der Waals surface area (Å²) in [6, 6.07) is 0. The molecule has 0 aliphatic carbocycles. The number of carbonyl (C=O) groups excluding carboxylic acids is 1. The Morgan fingerprint density at radius 1 is 1.55 bits per heavy atom. The van der Waals surface area contributed by atoms with Gasteiger partial charge in [0.25, 0.3) is 0 Å². The van der Waals surface area contributed by atoms with Gasteiger partial charge < -0.3 is 18.9 Å². The smallest absolute Gasteiger partial charge is 0.222 e. The molecule has 0 unspecified atom stereocenters. The highest BCUT2D eigenvalue weighted by molar-refractivity contribution is 5.76. The normalized spacial score (nSPS) is 28.4. The van der Waals surface area contributed by atoms with Crippen LogP contribution in [0.25, 0.3) is 0 Å². The number of carbonyl (C=O) groups is 1. The van der Waals surface area contributed by atoms with Crippen molar-refractivity contribution in [1.29, 1.82) is 0 Å². The van der Waals surface area contributed by atoms with Gasteiger partial charge in [-0.15, -0.1) is 0 Å². The van der Waals surface area contributed by atoms with E-state index < -0.39 is 0 Å². The number of likely N-dealkylation sites (tertiary alicyclic amines) is 1. The minimum absolute atomic E-state index is 0.116. The fourth-order valence-electron chi connectivity index (χ4n) is 3.67. The van der Waals surface area contributed by atoms with Gasteiger partial charge in [-0.25, -0.2) is 4.98 Å². The Kier molecular flexibility index (Phi) is 4.78. The lowest BCUT2D eigenvalue weighted by Gasteiger charge is -2.44. The summed E-state index contributed by atoms with van der Waals surface area (Å²) in [7, 11) is 1.75. The number of hydrogen-bond donors (Lipinski definition) is 0. The Hall–Kier alpha value is -1.40. The molecule has 0 radical (unpaired) electrons. The van der Waals surface area contributed by atoms with Crippen molar-refractivity contribution in [3.8, 4) is 0 Å². The van der Waals surface area contributed by atoms with E-state index in [9.17, 15) is 4.79 Å². The third kappa shape index (κ3) is 3.17. The van der Waals surface area contributed by atoms with Gasteiger partial charge in [0.2, 0.25) is 5.91 Å². The summed E-state index contributed by atoms with van der Waals surface area (Å²) in [6.45, 7) is 3.06. The zero-order valence-electron chi connectivity index (χ0n) is 13.2. The minimum atomic E-state index is -0.271. The molecular formula is C16H25N3O3. The first-order valence-electron chi connectivity index (χ1n) is 8.14. The molecule has 0 bridgehead atoms. The van der Waals surface area contributed by atoms with Crippen molar-refractivity contribution in [2.45, 2.75) is 50.4 Å². The molecule has 6 nitrogen and oxygen atoms in total. The first-order valence-corrected chi connectivity index (χ1v) is 8.14. The summed E-state index contributed by atoms with van der Waals surface area (Å²) in [6.07, 6.45) is 9.92. The summed E-state index contributed by atoms with van der Waals surface area (Å²) in [5.74, 6) is 0.226. The van der Waals surface area contributed by atoms with Crippen LogP contribution in [0.2, 0.25) is 0 Å². The fourth-order valence-corrected chi connectivity index (χ4v) is 3.67. The Balaban J connectivity index is 1.52. The first-order chi connectivity index (χ1) is 10.7. The van der Waals surface area contributed by atoms with Crippen LogP contribution in [0, 0.1) is 0 Å². The highest BCUT2D eigenvalue weighted by Crippen LogP contribution is 2.36. The van der Waals surface area contributed by atoms with Gasteiger partial charge in [-0.05, 0) is 25.7 Å². The predicted molar refractivity (Wildman–Crippen MR) is 81.4 cm³/mol. The standard InChI is InChI=1S/C16H25N3O3/c1-21-14-5-9-19(12-16(14)6-3-11-22-16)15(20)4-2-8-18-10-7-17-13-18/h7,10,13-14H,2-6,8-9,11-12H2,1H3/t14-,16-/m0/s1. The monoisotopic (exact) mass is 307 g/mol. The Morgan fingerprint density at radius 2 is 2.45 bits per heavy atom. The van der Waals surface area contributed by atoms with Gasteiger partial charge in [0, 0.05) is 45.6 Å². The van der Waals surface area contributed by atoms with Crippen LogP contribution in [0.4, 0.5) is 0 Å². The molecule has 2 atom stereocenters. The van der Waals surface area contributed by atoms with Crippen LogP contribution in [0.3, 0.4) is 0 Å². The van der Waals surface area contributed by atoms with Crippen LogP contribution in [-0.2, 0) is 20.8 Å². The Morgan fingerprint density at radius 3 is 3.14 bits per heavy atom. The van der Waals surface area contributed by atoms with E-state index in [2.05, 4.69) is 4.98 Å². The average Bonchev–Trinajstić information content (AvgIpc) is 3.20. The number of nitrogens with zero attached hydrogens (tertiary/aromatic N) is 3. The summed E-state index contributed by atoms with van der Waals surface area (Å²) in [5, 5.41) is 0. The molecule has 1 spiro atoms. The second-order valence-corrected chi connectivity index (χ2v) is 6.25. The molecule has 3 heterocycles. The molecule has 6 heteroatoms. The lowest BCUT2D eigenvalue weighted by molar-refractivity contribution is -0.160. The highest BCUT2D eigenvalue weighted by atomic mass is 16.6. The van der Waals surface area contributed by atoms with Crippen molar-refractivity contribution >= 4 is 5.91 Å². The number of amides is 1. The Bertz CT molecular complexity index is 483. The van der Waals surface area contributed by atoms with Gasteiger partial charge >= 0.3 is 0 Å². The van der Waals surface area contributed by atoms with E-state index in [1.807, 2.05) is 15.7 Å². The number of hydrogen-bond acceptors (Lipinski definition) is 4. The number of aryl methyl sites for hydroxylation is 1. The topological polar surface area (TPSA) is 56.6 Å². The van der Waals surface area contributed by atoms with Gasteiger partial charge in [0.05, 0.1) is 19.0 Å². The van der Waals surface area contributed by atoms with E-state index in [1.165, 1.54) is 0 Å². The van der Waals surface area contributed by atoms with Crippen molar-refractivity contribution in [2.24, 2.45) is 0 Å². The Labute approximate surface area is 131 Å². The zero-order valence-corrected chi connectivity index (χ0v) is 13.2.